The zero-order chi connectivity index (χ0) is 21.1. The van der Waals surface area contributed by atoms with Crippen LogP contribution < -0.4 is 5.32 Å². The normalized spacial score (nSPS) is 13.5. The maximum atomic E-state index is 12.9. The molecule has 30 heavy (non-hydrogen) atoms. The lowest BCUT2D eigenvalue weighted by atomic mass is 9.95. The van der Waals surface area contributed by atoms with Crippen LogP contribution in [-0.2, 0) is 22.4 Å². The first-order valence-corrected chi connectivity index (χ1v) is 10.7. The van der Waals surface area contributed by atoms with Gasteiger partial charge in [0, 0.05) is 27.5 Å². The van der Waals surface area contributed by atoms with Crippen LogP contribution in [-0.4, -0.2) is 23.5 Å². The Labute approximate surface area is 178 Å². The largest absolute Gasteiger partial charge is 0.462 e. The number of aromatic nitrogens is 1. The van der Waals surface area contributed by atoms with E-state index in [9.17, 15) is 14.9 Å². The summed E-state index contributed by atoms with van der Waals surface area (Å²) < 4.78 is 5.23. The van der Waals surface area contributed by atoms with Crippen molar-refractivity contribution in [1.82, 2.24) is 4.98 Å². The van der Waals surface area contributed by atoms with Gasteiger partial charge in [0.05, 0.1) is 12.2 Å². The van der Waals surface area contributed by atoms with Crippen LogP contribution in [0.15, 0.2) is 36.0 Å². The Bertz CT molecular complexity index is 1200. The van der Waals surface area contributed by atoms with E-state index in [-0.39, 0.29) is 12.2 Å². The second-order valence-corrected chi connectivity index (χ2v) is 8.15. The molecule has 2 aromatic heterocycles. The van der Waals surface area contributed by atoms with Gasteiger partial charge in [-0.2, -0.15) is 5.26 Å². The Hall–Kier alpha value is -3.37. The number of nitrogens with zero attached hydrogens (tertiary/aromatic N) is 1. The number of aromatic amines is 1. The van der Waals surface area contributed by atoms with Crippen LogP contribution in [0.1, 0.15) is 46.1 Å². The molecule has 6 nitrogen and oxygen atoms in total. The number of ether oxygens (including phenoxy) is 1. The second kappa shape index (κ2) is 8.56. The van der Waals surface area contributed by atoms with E-state index in [1.54, 1.807) is 19.2 Å². The van der Waals surface area contributed by atoms with Crippen LogP contribution in [0.3, 0.4) is 0 Å². The van der Waals surface area contributed by atoms with Gasteiger partial charge in [0.25, 0.3) is 5.91 Å². The summed E-state index contributed by atoms with van der Waals surface area (Å²) in [6.07, 6.45) is 7.08. The van der Waals surface area contributed by atoms with E-state index in [4.69, 9.17) is 4.74 Å². The van der Waals surface area contributed by atoms with E-state index in [0.717, 1.165) is 52.6 Å². The number of aryl methyl sites for hydroxylation is 1. The minimum atomic E-state index is -0.535. The fraction of sp³-hybridized carbons (Fsp3) is 0.261. The smallest absolute Gasteiger partial charge is 0.341 e. The van der Waals surface area contributed by atoms with Gasteiger partial charge in [-0.05, 0) is 50.3 Å². The van der Waals surface area contributed by atoms with E-state index in [0.29, 0.717) is 10.6 Å². The predicted octanol–water partition coefficient (Wildman–Crippen LogP) is 4.83. The number of hydrogen-bond donors (Lipinski definition) is 2. The van der Waals surface area contributed by atoms with Crippen molar-refractivity contribution in [3.05, 3.63) is 57.6 Å². The molecule has 7 heteroatoms. The monoisotopic (exact) mass is 419 g/mol. The minimum absolute atomic E-state index is 0.0269. The number of benzene rings is 1. The molecule has 0 fully saturated rings. The number of fused-ring (bicyclic) bond motifs is 2. The molecule has 0 saturated heterocycles. The van der Waals surface area contributed by atoms with Crippen molar-refractivity contribution >= 4 is 45.2 Å². The quantitative estimate of drug-likeness (QED) is 0.352. The summed E-state index contributed by atoms with van der Waals surface area (Å²) in [6, 6.07) is 9.66. The number of carbonyl (C=O) groups is 2. The number of esters is 1. The predicted molar refractivity (Wildman–Crippen MR) is 117 cm³/mol. The molecule has 0 unspecified atom stereocenters. The molecule has 2 N–H and O–H groups in total. The summed E-state index contributed by atoms with van der Waals surface area (Å²) in [5.74, 6) is -0.960. The Morgan fingerprint density at radius 1 is 1.30 bits per heavy atom. The molecule has 0 saturated carbocycles. The van der Waals surface area contributed by atoms with Crippen LogP contribution >= 0.6 is 11.3 Å². The topological polar surface area (TPSA) is 95.0 Å². The molecular formula is C23H21N3O3S. The summed E-state index contributed by atoms with van der Waals surface area (Å²) in [4.78, 5) is 29.7. The van der Waals surface area contributed by atoms with Gasteiger partial charge in [-0.15, -0.1) is 11.3 Å². The van der Waals surface area contributed by atoms with Gasteiger partial charge in [0.2, 0.25) is 0 Å². The highest BCUT2D eigenvalue weighted by atomic mass is 32.1. The maximum Gasteiger partial charge on any atom is 0.341 e. The summed E-state index contributed by atoms with van der Waals surface area (Å²) >= 11 is 1.41. The molecule has 0 spiro atoms. The number of thiophene rings is 1. The lowest BCUT2D eigenvalue weighted by molar-refractivity contribution is -0.112. The lowest BCUT2D eigenvalue weighted by Gasteiger charge is -2.12. The van der Waals surface area contributed by atoms with Gasteiger partial charge >= 0.3 is 5.97 Å². The highest BCUT2D eigenvalue weighted by molar-refractivity contribution is 7.17. The summed E-state index contributed by atoms with van der Waals surface area (Å²) in [5, 5.41) is 13.8. The number of nitriles is 1. The molecule has 4 rings (SSSR count). The van der Waals surface area contributed by atoms with Crippen molar-refractivity contribution in [2.75, 3.05) is 11.9 Å². The minimum Gasteiger partial charge on any atom is -0.462 e. The second-order valence-electron chi connectivity index (χ2n) is 7.05. The van der Waals surface area contributed by atoms with Crippen molar-refractivity contribution in [2.24, 2.45) is 0 Å². The number of hydrogen-bond acceptors (Lipinski definition) is 5. The third kappa shape index (κ3) is 3.74. The fourth-order valence-electron chi connectivity index (χ4n) is 3.76. The molecule has 0 aliphatic heterocycles. The number of para-hydroxylation sites is 1. The van der Waals surface area contributed by atoms with Gasteiger partial charge in [-0.3, -0.25) is 4.79 Å². The Kier molecular flexibility index (Phi) is 5.68. The summed E-state index contributed by atoms with van der Waals surface area (Å²) in [6.45, 7) is 2.02. The lowest BCUT2D eigenvalue weighted by Crippen LogP contribution is -2.16. The molecule has 1 aliphatic rings. The third-order valence-corrected chi connectivity index (χ3v) is 6.37. The summed E-state index contributed by atoms with van der Waals surface area (Å²) in [5.41, 5.74) is 3.07. The van der Waals surface area contributed by atoms with Crippen LogP contribution in [0.25, 0.3) is 17.0 Å². The first kappa shape index (κ1) is 19.9. The molecular weight excluding hydrogens is 398 g/mol. The van der Waals surface area contributed by atoms with Crippen LogP contribution in [0, 0.1) is 11.3 Å². The number of amides is 1. The van der Waals surface area contributed by atoms with Gasteiger partial charge in [-0.25, -0.2) is 4.79 Å². The Balaban J connectivity index is 1.66. The van der Waals surface area contributed by atoms with Gasteiger partial charge in [0.15, 0.2) is 0 Å². The van der Waals surface area contributed by atoms with E-state index in [2.05, 4.69) is 10.3 Å². The average molecular weight is 420 g/mol. The number of carbonyl (C=O) groups excluding carboxylic acids is 2. The Morgan fingerprint density at radius 3 is 2.90 bits per heavy atom. The SMILES string of the molecule is CCOC(=O)c1c(NC(=O)/C(C#N)=C\c2c[nH]c3ccccc23)sc2c1CCCC2. The highest BCUT2D eigenvalue weighted by Crippen LogP contribution is 2.38. The fourth-order valence-corrected chi connectivity index (χ4v) is 5.03. The molecule has 152 valence electrons. The maximum absolute atomic E-state index is 12.9. The number of nitrogens with one attached hydrogen (secondary N) is 2. The van der Waals surface area contributed by atoms with E-state index in [1.807, 2.05) is 30.3 Å². The number of anilines is 1. The number of rotatable bonds is 5. The van der Waals surface area contributed by atoms with Gasteiger partial charge < -0.3 is 15.0 Å². The van der Waals surface area contributed by atoms with Crippen molar-refractivity contribution in [3.63, 3.8) is 0 Å². The molecule has 0 radical (unpaired) electrons. The molecule has 0 atom stereocenters. The van der Waals surface area contributed by atoms with Crippen molar-refractivity contribution < 1.29 is 14.3 Å². The standard InChI is InChI=1S/C23H21N3O3S/c1-2-29-23(28)20-17-8-4-6-10-19(17)30-22(20)26-21(27)14(12-24)11-15-13-25-18-9-5-3-7-16(15)18/h3,5,7,9,11,13,25H,2,4,6,8,10H2,1H3,(H,26,27)/b14-11-. The average Bonchev–Trinajstić information content (AvgIpc) is 3.33. The molecule has 2 heterocycles. The van der Waals surface area contributed by atoms with Gasteiger partial charge in [-0.1, -0.05) is 18.2 Å². The number of H-pyrrole nitrogens is 1. The molecule has 0 bridgehead atoms. The van der Waals surface area contributed by atoms with E-state index < -0.39 is 11.9 Å². The molecule has 1 aromatic carbocycles. The van der Waals surface area contributed by atoms with Crippen molar-refractivity contribution in [2.45, 2.75) is 32.6 Å². The van der Waals surface area contributed by atoms with Crippen molar-refractivity contribution in [3.8, 4) is 6.07 Å². The van der Waals surface area contributed by atoms with Crippen LogP contribution in [0.5, 0.6) is 0 Å². The zero-order valence-electron chi connectivity index (χ0n) is 16.6. The molecule has 1 aliphatic carbocycles. The first-order valence-electron chi connectivity index (χ1n) is 9.93. The first-order chi connectivity index (χ1) is 14.6. The van der Waals surface area contributed by atoms with E-state index >= 15 is 0 Å². The van der Waals surface area contributed by atoms with Crippen molar-refractivity contribution in [1.29, 1.82) is 5.26 Å². The molecule has 3 aromatic rings. The summed E-state index contributed by atoms with van der Waals surface area (Å²) in [7, 11) is 0. The van der Waals surface area contributed by atoms with Crippen LogP contribution in [0.2, 0.25) is 0 Å². The Morgan fingerprint density at radius 2 is 2.10 bits per heavy atom. The van der Waals surface area contributed by atoms with E-state index in [1.165, 1.54) is 11.3 Å². The highest BCUT2D eigenvalue weighted by Gasteiger charge is 2.27. The molecule has 1 amide bonds. The third-order valence-electron chi connectivity index (χ3n) is 5.16. The van der Waals surface area contributed by atoms with Crippen LogP contribution in [0.4, 0.5) is 5.00 Å². The zero-order valence-corrected chi connectivity index (χ0v) is 17.4. The van der Waals surface area contributed by atoms with Gasteiger partial charge in [0.1, 0.15) is 16.6 Å².